The number of hydrogen-bond donors (Lipinski definition) is 2. The molecule has 1 heterocycles. The number of phenolic OH excluding ortho intramolecular Hbond substituents is 2. The zero-order chi connectivity index (χ0) is 22.7. The summed E-state index contributed by atoms with van der Waals surface area (Å²) in [6.45, 7) is 8.13. The number of aromatic hydroxyl groups is 2. The van der Waals surface area contributed by atoms with E-state index in [9.17, 15) is 15.0 Å². The molecule has 5 nitrogen and oxygen atoms in total. The molecule has 0 saturated heterocycles. The quantitative estimate of drug-likeness (QED) is 0.603. The molecule has 2 aromatic carbocycles. The second-order valence-corrected chi connectivity index (χ2v) is 8.36. The van der Waals surface area contributed by atoms with Crippen molar-refractivity contribution in [2.45, 2.75) is 46.5 Å². The first kappa shape index (κ1) is 22.5. The fraction of sp³-hybridized carbons (Fsp3) is 0.346. The highest BCUT2D eigenvalue weighted by Crippen LogP contribution is 2.43. The summed E-state index contributed by atoms with van der Waals surface area (Å²) in [6, 6.07) is 6.48. The van der Waals surface area contributed by atoms with Crippen molar-refractivity contribution in [3.63, 3.8) is 0 Å². The largest absolute Gasteiger partial charge is 0.508 e. The van der Waals surface area contributed by atoms with Crippen LogP contribution in [0.2, 0.25) is 0 Å². The van der Waals surface area contributed by atoms with Crippen molar-refractivity contribution in [2.75, 3.05) is 13.7 Å². The summed E-state index contributed by atoms with van der Waals surface area (Å²) in [7, 11) is 1.51. The van der Waals surface area contributed by atoms with Gasteiger partial charge in [0.05, 0.1) is 18.6 Å². The van der Waals surface area contributed by atoms with Crippen molar-refractivity contribution in [2.24, 2.45) is 0 Å². The van der Waals surface area contributed by atoms with Gasteiger partial charge in [-0.3, -0.25) is 4.79 Å². The number of ketones is 1. The van der Waals surface area contributed by atoms with Crippen molar-refractivity contribution in [3.8, 4) is 23.0 Å². The van der Waals surface area contributed by atoms with E-state index in [-0.39, 0.29) is 23.9 Å². The summed E-state index contributed by atoms with van der Waals surface area (Å²) in [6.07, 6.45) is 5.06. The fourth-order valence-corrected chi connectivity index (χ4v) is 3.73. The number of ether oxygens (including phenoxy) is 2. The van der Waals surface area contributed by atoms with Gasteiger partial charge in [0.2, 0.25) is 0 Å². The molecule has 0 unspecified atom stereocenters. The molecule has 0 aromatic heterocycles. The molecule has 5 heteroatoms. The van der Waals surface area contributed by atoms with Gasteiger partial charge in [-0.1, -0.05) is 29.4 Å². The van der Waals surface area contributed by atoms with Gasteiger partial charge in [0, 0.05) is 17.2 Å². The number of fused-ring (bicyclic) bond motifs is 1. The Kier molecular flexibility index (Phi) is 6.74. The van der Waals surface area contributed by atoms with Crippen LogP contribution in [0.1, 0.15) is 60.7 Å². The average molecular weight is 423 g/mol. The maximum Gasteiger partial charge on any atom is 0.177 e. The topological polar surface area (TPSA) is 76.0 Å². The van der Waals surface area contributed by atoms with Gasteiger partial charge < -0.3 is 19.7 Å². The predicted octanol–water partition coefficient (Wildman–Crippen LogP) is 5.48. The average Bonchev–Trinajstić information content (AvgIpc) is 2.72. The van der Waals surface area contributed by atoms with Gasteiger partial charge in [-0.2, -0.15) is 0 Å². The number of methoxy groups -OCH3 is 1. The van der Waals surface area contributed by atoms with Gasteiger partial charge in [-0.15, -0.1) is 0 Å². The minimum atomic E-state index is -0.555. The van der Waals surface area contributed by atoms with E-state index >= 15 is 0 Å². The van der Waals surface area contributed by atoms with Gasteiger partial charge >= 0.3 is 0 Å². The zero-order valence-electron chi connectivity index (χ0n) is 18.8. The molecule has 2 N–H and O–H groups in total. The monoisotopic (exact) mass is 422 g/mol. The lowest BCUT2D eigenvalue weighted by Gasteiger charge is -2.28. The molecule has 1 atom stereocenters. The highest BCUT2D eigenvalue weighted by Gasteiger charge is 2.35. The number of allylic oxidation sites excluding steroid dienone is 4. The molecular weight excluding hydrogens is 392 g/mol. The van der Waals surface area contributed by atoms with Gasteiger partial charge in [0.15, 0.2) is 5.78 Å². The van der Waals surface area contributed by atoms with Crippen LogP contribution in [0.15, 0.2) is 47.6 Å². The van der Waals surface area contributed by atoms with Crippen LogP contribution in [0.3, 0.4) is 0 Å². The first-order valence-electron chi connectivity index (χ1n) is 10.4. The second-order valence-electron chi connectivity index (χ2n) is 8.36. The normalized spacial score (nSPS) is 15.0. The van der Waals surface area contributed by atoms with Crippen LogP contribution in [0.4, 0.5) is 0 Å². The van der Waals surface area contributed by atoms with Gasteiger partial charge in [-0.05, 0) is 58.2 Å². The molecule has 31 heavy (non-hydrogen) atoms. The Hall–Kier alpha value is -3.21. The Labute approximate surface area is 183 Å². The number of Topliss-reactive ketones (excluding diaryl/α,β-unsaturated/α-hetero) is 1. The van der Waals surface area contributed by atoms with Crippen molar-refractivity contribution >= 4 is 5.78 Å². The third-order valence-electron chi connectivity index (χ3n) is 5.44. The van der Waals surface area contributed by atoms with E-state index < -0.39 is 5.92 Å². The van der Waals surface area contributed by atoms with Crippen LogP contribution in [0.25, 0.3) is 0 Å². The summed E-state index contributed by atoms with van der Waals surface area (Å²) >= 11 is 0. The minimum Gasteiger partial charge on any atom is -0.508 e. The molecule has 164 valence electrons. The third kappa shape index (κ3) is 4.76. The predicted molar refractivity (Wildman–Crippen MR) is 122 cm³/mol. The highest BCUT2D eigenvalue weighted by atomic mass is 16.5. The lowest BCUT2D eigenvalue weighted by atomic mass is 9.85. The SMILES string of the molecule is COc1cc(O)ccc1[C@@H]1COc2c(cc(CC=C(C)C)c(O)c2CC=C(C)C)C1=O. The fourth-order valence-electron chi connectivity index (χ4n) is 3.73. The maximum absolute atomic E-state index is 13.6. The molecule has 0 saturated carbocycles. The highest BCUT2D eigenvalue weighted by molar-refractivity contribution is 6.05. The van der Waals surface area contributed by atoms with Crippen LogP contribution in [0, 0.1) is 0 Å². The Bertz CT molecular complexity index is 1050. The Morgan fingerprint density at radius 3 is 2.42 bits per heavy atom. The first-order chi connectivity index (χ1) is 14.7. The van der Waals surface area contributed by atoms with Gasteiger partial charge in [-0.25, -0.2) is 0 Å². The molecule has 1 aliphatic rings. The van der Waals surface area contributed by atoms with E-state index in [2.05, 4.69) is 0 Å². The van der Waals surface area contributed by atoms with Crippen LogP contribution in [-0.4, -0.2) is 29.7 Å². The number of carbonyl (C=O) groups excluding carboxylic acids is 1. The molecule has 0 spiro atoms. The molecular formula is C26H30O5. The van der Waals surface area contributed by atoms with Crippen molar-refractivity contribution in [1.29, 1.82) is 0 Å². The molecule has 3 rings (SSSR count). The van der Waals surface area contributed by atoms with E-state index in [4.69, 9.17) is 9.47 Å². The Morgan fingerprint density at radius 2 is 1.77 bits per heavy atom. The van der Waals surface area contributed by atoms with Crippen molar-refractivity contribution in [1.82, 2.24) is 0 Å². The van der Waals surface area contributed by atoms with Gasteiger partial charge in [0.25, 0.3) is 0 Å². The van der Waals surface area contributed by atoms with Crippen LogP contribution >= 0.6 is 0 Å². The second kappa shape index (κ2) is 9.29. The molecule has 0 aliphatic carbocycles. The van der Waals surface area contributed by atoms with Crippen LogP contribution < -0.4 is 9.47 Å². The smallest absolute Gasteiger partial charge is 0.177 e. The number of rotatable bonds is 6. The Morgan fingerprint density at radius 1 is 1.10 bits per heavy atom. The van der Waals surface area contributed by atoms with E-state index in [1.807, 2.05) is 39.8 Å². The first-order valence-corrected chi connectivity index (χ1v) is 10.4. The molecule has 1 aliphatic heterocycles. The van der Waals surface area contributed by atoms with Crippen LogP contribution in [-0.2, 0) is 12.8 Å². The standard InChI is InChI=1S/C26H30O5/c1-15(2)6-8-17-12-21-25(29)22(19-11-9-18(27)13-23(19)30-5)14-31-26(21)20(24(17)28)10-7-16(3)4/h6-7,9,11-13,22,27-28H,8,10,14H2,1-5H3/t22-/m0/s1. The van der Waals surface area contributed by atoms with Crippen molar-refractivity contribution in [3.05, 3.63) is 69.8 Å². The number of phenols is 2. The summed E-state index contributed by atoms with van der Waals surface area (Å²) < 4.78 is 11.5. The zero-order valence-corrected chi connectivity index (χ0v) is 18.8. The summed E-state index contributed by atoms with van der Waals surface area (Å²) in [5, 5.41) is 20.7. The summed E-state index contributed by atoms with van der Waals surface area (Å²) in [4.78, 5) is 13.6. The summed E-state index contributed by atoms with van der Waals surface area (Å²) in [5.74, 6) is 0.515. The van der Waals surface area contributed by atoms with E-state index in [1.165, 1.54) is 19.2 Å². The number of carbonyl (C=O) groups is 1. The number of hydrogen-bond acceptors (Lipinski definition) is 5. The summed E-state index contributed by atoms with van der Waals surface area (Å²) in [5.41, 5.74) is 4.74. The molecule has 0 bridgehead atoms. The number of benzene rings is 2. The molecule has 0 radical (unpaired) electrons. The lowest BCUT2D eigenvalue weighted by molar-refractivity contribution is 0.0892. The third-order valence-corrected chi connectivity index (χ3v) is 5.44. The van der Waals surface area contributed by atoms with E-state index in [1.54, 1.807) is 12.1 Å². The van der Waals surface area contributed by atoms with E-state index in [0.717, 1.165) is 11.1 Å². The Balaban J connectivity index is 2.12. The maximum atomic E-state index is 13.6. The van der Waals surface area contributed by atoms with Crippen LogP contribution in [0.5, 0.6) is 23.0 Å². The molecule has 0 amide bonds. The van der Waals surface area contributed by atoms with Crippen molar-refractivity contribution < 1.29 is 24.5 Å². The molecule has 0 fully saturated rings. The minimum absolute atomic E-state index is 0.0723. The van der Waals surface area contributed by atoms with E-state index in [0.29, 0.717) is 46.6 Å². The molecule has 2 aromatic rings. The van der Waals surface area contributed by atoms with Gasteiger partial charge in [0.1, 0.15) is 29.6 Å². The lowest BCUT2D eigenvalue weighted by Crippen LogP contribution is -2.27.